The summed E-state index contributed by atoms with van der Waals surface area (Å²) < 4.78 is 0. The molecule has 0 aliphatic heterocycles. The van der Waals surface area contributed by atoms with Crippen molar-refractivity contribution in [1.82, 2.24) is 9.97 Å². The molecule has 0 atom stereocenters. The first-order valence-corrected chi connectivity index (χ1v) is 6.92. The maximum atomic E-state index is 4.33. The molecule has 5 heteroatoms. The van der Waals surface area contributed by atoms with Crippen LogP contribution in [0.2, 0.25) is 0 Å². The lowest BCUT2D eigenvalue weighted by Crippen LogP contribution is -2.07. The van der Waals surface area contributed by atoms with Crippen LogP contribution in [0.4, 0.5) is 11.6 Å². The van der Waals surface area contributed by atoms with Gasteiger partial charge in [-0.05, 0) is 30.4 Å². The van der Waals surface area contributed by atoms with E-state index in [1.54, 1.807) is 17.7 Å². The molecule has 0 saturated heterocycles. The van der Waals surface area contributed by atoms with E-state index in [4.69, 9.17) is 0 Å². The van der Waals surface area contributed by atoms with E-state index in [0.29, 0.717) is 0 Å². The molecule has 2 rings (SSSR count). The number of anilines is 2. The van der Waals surface area contributed by atoms with E-state index in [1.807, 2.05) is 7.05 Å². The van der Waals surface area contributed by atoms with E-state index in [-0.39, 0.29) is 0 Å². The van der Waals surface area contributed by atoms with Gasteiger partial charge >= 0.3 is 0 Å². The van der Waals surface area contributed by atoms with Crippen molar-refractivity contribution < 1.29 is 0 Å². The normalized spacial score (nSPS) is 10.4. The monoisotopic (exact) mass is 262 g/mol. The van der Waals surface area contributed by atoms with Gasteiger partial charge in [0.15, 0.2) is 0 Å². The van der Waals surface area contributed by atoms with Crippen molar-refractivity contribution in [2.75, 3.05) is 17.7 Å². The number of rotatable bonds is 5. The number of hydrogen-bond acceptors (Lipinski definition) is 5. The zero-order chi connectivity index (χ0) is 13.0. The van der Waals surface area contributed by atoms with Gasteiger partial charge < -0.3 is 10.6 Å². The van der Waals surface area contributed by atoms with Crippen LogP contribution in [-0.4, -0.2) is 17.0 Å². The third-order valence-corrected chi connectivity index (χ3v) is 3.94. The van der Waals surface area contributed by atoms with E-state index in [1.165, 1.54) is 10.4 Å². The molecule has 0 fully saturated rings. The van der Waals surface area contributed by atoms with E-state index >= 15 is 0 Å². The number of hydrogen-bond donors (Lipinski definition) is 2. The van der Waals surface area contributed by atoms with Crippen LogP contribution in [0.1, 0.15) is 22.9 Å². The molecule has 0 aliphatic carbocycles. The maximum Gasteiger partial charge on any atom is 0.135 e. The summed E-state index contributed by atoms with van der Waals surface area (Å²) in [5.74, 6) is 1.82. The standard InChI is InChI=1S/C13H18N4S/c1-4-10-12(14-3)16-8-17-13(10)15-7-11-9(2)5-6-18-11/h5-6,8H,4,7H2,1-3H3,(H2,14,15,16,17). The lowest BCUT2D eigenvalue weighted by atomic mass is 10.2. The first-order valence-electron chi connectivity index (χ1n) is 6.04. The van der Waals surface area contributed by atoms with Crippen LogP contribution in [0, 0.1) is 6.92 Å². The summed E-state index contributed by atoms with van der Waals surface area (Å²) in [6.45, 7) is 5.06. The van der Waals surface area contributed by atoms with Crippen molar-refractivity contribution in [2.24, 2.45) is 0 Å². The van der Waals surface area contributed by atoms with Crippen molar-refractivity contribution in [3.8, 4) is 0 Å². The first-order chi connectivity index (χ1) is 8.76. The largest absolute Gasteiger partial charge is 0.373 e. The van der Waals surface area contributed by atoms with E-state index in [0.717, 1.165) is 30.2 Å². The van der Waals surface area contributed by atoms with Gasteiger partial charge in [-0.2, -0.15) is 0 Å². The molecule has 2 heterocycles. The highest BCUT2D eigenvalue weighted by molar-refractivity contribution is 7.10. The Bertz CT molecular complexity index is 521. The molecule has 2 aromatic rings. The molecular weight excluding hydrogens is 244 g/mol. The quantitative estimate of drug-likeness (QED) is 0.869. The molecule has 0 aromatic carbocycles. The number of nitrogens with one attached hydrogen (secondary N) is 2. The van der Waals surface area contributed by atoms with Crippen LogP contribution in [0.5, 0.6) is 0 Å². The van der Waals surface area contributed by atoms with E-state index in [9.17, 15) is 0 Å². The molecular formula is C13H18N4S. The highest BCUT2D eigenvalue weighted by Gasteiger charge is 2.08. The molecule has 0 spiro atoms. The SMILES string of the molecule is CCc1c(NC)ncnc1NCc1sccc1C. The molecule has 2 aromatic heterocycles. The fourth-order valence-corrected chi connectivity index (χ4v) is 2.71. The topological polar surface area (TPSA) is 49.8 Å². The van der Waals surface area contributed by atoms with E-state index in [2.05, 4.69) is 45.9 Å². The number of aryl methyl sites for hydroxylation is 1. The van der Waals surface area contributed by atoms with Gasteiger partial charge in [-0.25, -0.2) is 9.97 Å². The van der Waals surface area contributed by atoms with Crippen LogP contribution in [-0.2, 0) is 13.0 Å². The highest BCUT2D eigenvalue weighted by Crippen LogP contribution is 2.22. The zero-order valence-electron chi connectivity index (χ0n) is 10.9. The first kappa shape index (κ1) is 12.8. The van der Waals surface area contributed by atoms with Gasteiger partial charge in [0.05, 0.1) is 6.54 Å². The van der Waals surface area contributed by atoms with Crippen LogP contribution >= 0.6 is 11.3 Å². The van der Waals surface area contributed by atoms with Crippen molar-refractivity contribution in [2.45, 2.75) is 26.8 Å². The van der Waals surface area contributed by atoms with Crippen molar-refractivity contribution in [3.63, 3.8) is 0 Å². The van der Waals surface area contributed by atoms with Gasteiger partial charge in [-0.1, -0.05) is 6.92 Å². The molecule has 0 saturated carbocycles. The predicted molar refractivity (Wildman–Crippen MR) is 77.3 cm³/mol. The van der Waals surface area contributed by atoms with Gasteiger partial charge in [-0.15, -0.1) is 11.3 Å². The minimum Gasteiger partial charge on any atom is -0.373 e. The lowest BCUT2D eigenvalue weighted by molar-refractivity contribution is 1.02. The Morgan fingerprint density at radius 2 is 2.06 bits per heavy atom. The second kappa shape index (κ2) is 5.82. The summed E-state index contributed by atoms with van der Waals surface area (Å²) in [6, 6.07) is 2.14. The van der Waals surface area contributed by atoms with Gasteiger partial charge in [0.25, 0.3) is 0 Å². The molecule has 18 heavy (non-hydrogen) atoms. The van der Waals surface area contributed by atoms with Crippen LogP contribution in [0.15, 0.2) is 17.8 Å². The molecule has 0 radical (unpaired) electrons. The Morgan fingerprint density at radius 3 is 2.67 bits per heavy atom. The van der Waals surface area contributed by atoms with E-state index < -0.39 is 0 Å². The minimum atomic E-state index is 0.816. The van der Waals surface area contributed by atoms with Crippen molar-refractivity contribution >= 4 is 23.0 Å². The van der Waals surface area contributed by atoms with Gasteiger partial charge in [0, 0.05) is 17.5 Å². The van der Waals surface area contributed by atoms with Crippen molar-refractivity contribution in [1.29, 1.82) is 0 Å². The highest BCUT2D eigenvalue weighted by atomic mass is 32.1. The summed E-state index contributed by atoms with van der Waals surface area (Å²) in [4.78, 5) is 9.91. The number of nitrogens with zero attached hydrogens (tertiary/aromatic N) is 2. The minimum absolute atomic E-state index is 0.816. The number of thiophene rings is 1. The summed E-state index contributed by atoms with van der Waals surface area (Å²) in [6.07, 6.45) is 2.50. The fourth-order valence-electron chi connectivity index (χ4n) is 1.86. The summed E-state index contributed by atoms with van der Waals surface area (Å²) >= 11 is 1.77. The smallest absolute Gasteiger partial charge is 0.135 e. The molecule has 0 aliphatic rings. The molecule has 4 nitrogen and oxygen atoms in total. The third kappa shape index (κ3) is 2.61. The fraction of sp³-hybridized carbons (Fsp3) is 0.385. The van der Waals surface area contributed by atoms with Crippen LogP contribution < -0.4 is 10.6 Å². The van der Waals surface area contributed by atoms with Gasteiger partial charge in [-0.3, -0.25) is 0 Å². The second-order valence-corrected chi connectivity index (χ2v) is 5.03. The number of aromatic nitrogens is 2. The summed E-state index contributed by atoms with van der Waals surface area (Å²) in [5.41, 5.74) is 2.46. The predicted octanol–water partition coefficient (Wildman–Crippen LogP) is 3.06. The van der Waals surface area contributed by atoms with Crippen molar-refractivity contribution in [3.05, 3.63) is 33.8 Å². The average Bonchev–Trinajstić information content (AvgIpc) is 2.81. The van der Waals surface area contributed by atoms with Gasteiger partial charge in [0.1, 0.15) is 18.0 Å². The lowest BCUT2D eigenvalue weighted by Gasteiger charge is -2.12. The van der Waals surface area contributed by atoms with Crippen LogP contribution in [0.25, 0.3) is 0 Å². The molecule has 0 unspecified atom stereocenters. The Morgan fingerprint density at radius 1 is 1.28 bits per heavy atom. The second-order valence-electron chi connectivity index (χ2n) is 4.03. The average molecular weight is 262 g/mol. The maximum absolute atomic E-state index is 4.33. The Labute approximate surface area is 111 Å². The summed E-state index contributed by atoms with van der Waals surface area (Å²) in [5, 5.41) is 8.62. The molecule has 0 amide bonds. The third-order valence-electron chi connectivity index (χ3n) is 2.92. The molecule has 0 bridgehead atoms. The molecule has 2 N–H and O–H groups in total. The Balaban J connectivity index is 2.16. The zero-order valence-corrected chi connectivity index (χ0v) is 11.8. The Kier molecular flexibility index (Phi) is 4.15. The summed E-state index contributed by atoms with van der Waals surface area (Å²) in [7, 11) is 1.88. The Hall–Kier alpha value is -1.62. The molecule has 96 valence electrons. The van der Waals surface area contributed by atoms with Gasteiger partial charge in [0.2, 0.25) is 0 Å². The van der Waals surface area contributed by atoms with Crippen LogP contribution in [0.3, 0.4) is 0 Å².